The topological polar surface area (TPSA) is 17.1 Å². The van der Waals surface area contributed by atoms with Crippen LogP contribution in [0.15, 0.2) is 12.2 Å². The summed E-state index contributed by atoms with van der Waals surface area (Å²) in [5, 5.41) is 0. The van der Waals surface area contributed by atoms with Gasteiger partial charge in [0.2, 0.25) is 0 Å². The molecule has 0 fully saturated rings. The highest BCUT2D eigenvalue weighted by Crippen LogP contribution is 2.31. The Hall–Kier alpha value is -1.03. The molecule has 11 heavy (non-hydrogen) atoms. The minimum atomic E-state index is -0.326. The molecule has 0 bridgehead atoms. The standard InChI is InChI=1S/C10H12O/c1-2-6-10(9-11)7-4-3-5-8-10/h1,4,7,9H,3,5-6,8H2. The predicted molar refractivity (Wildman–Crippen MR) is 44.9 cm³/mol. The van der Waals surface area contributed by atoms with Gasteiger partial charge in [0.1, 0.15) is 6.29 Å². The van der Waals surface area contributed by atoms with Gasteiger partial charge in [-0.25, -0.2) is 0 Å². The van der Waals surface area contributed by atoms with Crippen molar-refractivity contribution in [2.75, 3.05) is 0 Å². The van der Waals surface area contributed by atoms with E-state index in [1.807, 2.05) is 6.08 Å². The van der Waals surface area contributed by atoms with Gasteiger partial charge >= 0.3 is 0 Å². The molecule has 1 aliphatic rings. The van der Waals surface area contributed by atoms with Gasteiger partial charge < -0.3 is 4.79 Å². The summed E-state index contributed by atoms with van der Waals surface area (Å²) < 4.78 is 0. The Balaban J connectivity index is 2.74. The van der Waals surface area contributed by atoms with E-state index in [1.165, 1.54) is 0 Å². The number of carbonyl (C=O) groups is 1. The van der Waals surface area contributed by atoms with Crippen LogP contribution in [0.5, 0.6) is 0 Å². The molecule has 0 saturated heterocycles. The number of hydrogen-bond donors (Lipinski definition) is 0. The summed E-state index contributed by atoms with van der Waals surface area (Å²) in [5.41, 5.74) is -0.326. The first-order chi connectivity index (χ1) is 5.33. The number of hydrogen-bond acceptors (Lipinski definition) is 1. The number of aldehydes is 1. The molecule has 1 unspecified atom stereocenters. The van der Waals surface area contributed by atoms with Crippen LogP contribution in [0.2, 0.25) is 0 Å². The zero-order valence-corrected chi connectivity index (χ0v) is 6.55. The lowest BCUT2D eigenvalue weighted by Gasteiger charge is -2.24. The molecule has 0 N–H and O–H groups in total. The second-order valence-corrected chi connectivity index (χ2v) is 3.03. The average molecular weight is 148 g/mol. The summed E-state index contributed by atoms with van der Waals surface area (Å²) >= 11 is 0. The Morgan fingerprint density at radius 2 is 2.55 bits per heavy atom. The normalized spacial score (nSPS) is 29.4. The van der Waals surface area contributed by atoms with Crippen molar-refractivity contribution in [2.45, 2.75) is 25.7 Å². The quantitative estimate of drug-likeness (QED) is 0.332. The van der Waals surface area contributed by atoms with Crippen molar-refractivity contribution in [3.8, 4) is 12.3 Å². The van der Waals surface area contributed by atoms with E-state index in [-0.39, 0.29) is 5.41 Å². The van der Waals surface area contributed by atoms with Crippen LogP contribution in [0.3, 0.4) is 0 Å². The van der Waals surface area contributed by atoms with Crippen molar-refractivity contribution in [3.63, 3.8) is 0 Å². The fourth-order valence-electron chi connectivity index (χ4n) is 1.43. The molecule has 1 nitrogen and oxygen atoms in total. The number of rotatable bonds is 2. The fourth-order valence-corrected chi connectivity index (χ4v) is 1.43. The van der Waals surface area contributed by atoms with Gasteiger partial charge in [0.15, 0.2) is 0 Å². The molecule has 0 amide bonds. The minimum Gasteiger partial charge on any atom is -0.302 e. The highest BCUT2D eigenvalue weighted by molar-refractivity contribution is 5.63. The molecule has 1 aliphatic carbocycles. The van der Waals surface area contributed by atoms with Crippen molar-refractivity contribution in [1.82, 2.24) is 0 Å². The summed E-state index contributed by atoms with van der Waals surface area (Å²) in [6.07, 6.45) is 13.8. The van der Waals surface area contributed by atoms with Crippen LogP contribution in [0.4, 0.5) is 0 Å². The van der Waals surface area contributed by atoms with E-state index in [2.05, 4.69) is 12.0 Å². The molecule has 0 aliphatic heterocycles. The van der Waals surface area contributed by atoms with E-state index in [9.17, 15) is 4.79 Å². The summed E-state index contributed by atoms with van der Waals surface area (Å²) in [6.45, 7) is 0. The van der Waals surface area contributed by atoms with Crippen LogP contribution in [-0.2, 0) is 4.79 Å². The van der Waals surface area contributed by atoms with Gasteiger partial charge in [0.05, 0.1) is 5.41 Å². The lowest BCUT2D eigenvalue weighted by Crippen LogP contribution is -2.21. The van der Waals surface area contributed by atoms with Crippen LogP contribution in [0.1, 0.15) is 25.7 Å². The van der Waals surface area contributed by atoms with Crippen LogP contribution < -0.4 is 0 Å². The molecule has 0 aromatic carbocycles. The van der Waals surface area contributed by atoms with Gasteiger partial charge in [0.25, 0.3) is 0 Å². The first kappa shape index (κ1) is 8.07. The van der Waals surface area contributed by atoms with Gasteiger partial charge in [-0.3, -0.25) is 0 Å². The molecule has 0 aromatic rings. The second kappa shape index (κ2) is 3.39. The molecular weight excluding hydrogens is 136 g/mol. The molecule has 0 spiro atoms. The third-order valence-corrected chi connectivity index (χ3v) is 2.13. The van der Waals surface area contributed by atoms with Crippen LogP contribution in [0.25, 0.3) is 0 Å². The molecule has 0 aromatic heterocycles. The van der Waals surface area contributed by atoms with Gasteiger partial charge in [-0.05, 0) is 19.3 Å². The van der Waals surface area contributed by atoms with Crippen LogP contribution in [0, 0.1) is 17.8 Å². The Bertz CT molecular complexity index is 209. The maximum atomic E-state index is 10.7. The maximum absolute atomic E-state index is 10.7. The second-order valence-electron chi connectivity index (χ2n) is 3.03. The Kier molecular flexibility index (Phi) is 2.48. The first-order valence-corrected chi connectivity index (χ1v) is 3.90. The van der Waals surface area contributed by atoms with Crippen LogP contribution >= 0.6 is 0 Å². The number of carbonyl (C=O) groups excluding carboxylic acids is 1. The Morgan fingerprint density at radius 3 is 3.00 bits per heavy atom. The lowest BCUT2D eigenvalue weighted by molar-refractivity contribution is -0.114. The van der Waals surface area contributed by atoms with Crippen molar-refractivity contribution in [1.29, 1.82) is 0 Å². The third-order valence-electron chi connectivity index (χ3n) is 2.13. The first-order valence-electron chi connectivity index (χ1n) is 3.90. The monoisotopic (exact) mass is 148 g/mol. The zero-order chi connectivity index (χ0) is 8.16. The van der Waals surface area contributed by atoms with Gasteiger partial charge in [-0.2, -0.15) is 0 Å². The molecular formula is C10H12O. The van der Waals surface area contributed by atoms with E-state index >= 15 is 0 Å². The van der Waals surface area contributed by atoms with Crippen molar-refractivity contribution < 1.29 is 4.79 Å². The Morgan fingerprint density at radius 1 is 1.73 bits per heavy atom. The molecule has 58 valence electrons. The van der Waals surface area contributed by atoms with Gasteiger partial charge in [-0.15, -0.1) is 12.3 Å². The van der Waals surface area contributed by atoms with Gasteiger partial charge in [-0.1, -0.05) is 12.2 Å². The summed E-state index contributed by atoms with van der Waals surface area (Å²) in [6, 6.07) is 0. The van der Waals surface area contributed by atoms with E-state index in [0.717, 1.165) is 25.5 Å². The van der Waals surface area contributed by atoms with Crippen molar-refractivity contribution in [2.24, 2.45) is 5.41 Å². The lowest BCUT2D eigenvalue weighted by atomic mass is 9.78. The van der Waals surface area contributed by atoms with Crippen molar-refractivity contribution in [3.05, 3.63) is 12.2 Å². The number of terminal acetylenes is 1. The molecule has 0 radical (unpaired) electrons. The van der Waals surface area contributed by atoms with E-state index in [4.69, 9.17) is 6.42 Å². The van der Waals surface area contributed by atoms with E-state index in [1.54, 1.807) is 0 Å². The number of allylic oxidation sites excluding steroid dienone is 2. The fraction of sp³-hybridized carbons (Fsp3) is 0.500. The highest BCUT2D eigenvalue weighted by atomic mass is 16.1. The average Bonchev–Trinajstić information content (AvgIpc) is 2.07. The molecule has 1 rings (SSSR count). The predicted octanol–water partition coefficient (Wildman–Crippen LogP) is 1.94. The highest BCUT2D eigenvalue weighted by Gasteiger charge is 2.26. The van der Waals surface area contributed by atoms with Crippen molar-refractivity contribution >= 4 is 6.29 Å². The molecule has 1 atom stereocenters. The zero-order valence-electron chi connectivity index (χ0n) is 6.55. The molecule has 0 saturated carbocycles. The summed E-state index contributed by atoms with van der Waals surface area (Å²) in [7, 11) is 0. The van der Waals surface area contributed by atoms with Gasteiger partial charge in [0, 0.05) is 6.42 Å². The summed E-state index contributed by atoms with van der Waals surface area (Å²) in [4.78, 5) is 10.7. The largest absolute Gasteiger partial charge is 0.302 e. The Labute approximate surface area is 67.5 Å². The van der Waals surface area contributed by atoms with Crippen LogP contribution in [-0.4, -0.2) is 6.29 Å². The summed E-state index contributed by atoms with van der Waals surface area (Å²) in [5.74, 6) is 2.55. The smallest absolute Gasteiger partial charge is 0.130 e. The molecule has 1 heteroatoms. The van der Waals surface area contributed by atoms with E-state index in [0.29, 0.717) is 6.42 Å². The maximum Gasteiger partial charge on any atom is 0.130 e. The third kappa shape index (κ3) is 1.71. The van der Waals surface area contributed by atoms with E-state index < -0.39 is 0 Å². The minimum absolute atomic E-state index is 0.326. The molecule has 0 heterocycles. The SMILES string of the molecule is C#CCC1(C=O)C=CCCC1.